The molecule has 0 radical (unpaired) electrons. The number of halogens is 1. The van der Waals surface area contributed by atoms with Gasteiger partial charge in [-0.05, 0) is 68.2 Å². The van der Waals surface area contributed by atoms with E-state index in [2.05, 4.69) is 11.4 Å². The summed E-state index contributed by atoms with van der Waals surface area (Å²) in [6.45, 7) is 1.87. The zero-order valence-electron chi connectivity index (χ0n) is 18.0. The molecule has 6 heteroatoms. The van der Waals surface area contributed by atoms with E-state index in [0.717, 1.165) is 36.9 Å². The number of esters is 1. The van der Waals surface area contributed by atoms with Crippen LogP contribution in [0, 0.1) is 5.82 Å². The molecule has 0 spiro atoms. The summed E-state index contributed by atoms with van der Waals surface area (Å²) in [5, 5.41) is 5.41. The molecule has 32 heavy (non-hydrogen) atoms. The predicted molar refractivity (Wildman–Crippen MR) is 122 cm³/mol. The van der Waals surface area contributed by atoms with Crippen molar-refractivity contribution in [2.75, 3.05) is 0 Å². The molecule has 0 bridgehead atoms. The molecule has 1 N–H and O–H groups in total. The fraction of sp³-hybridized carbons (Fsp3) is 0.385. The molecule has 1 aliphatic heterocycles. The fourth-order valence-electron chi connectivity index (χ4n) is 5.24. The summed E-state index contributed by atoms with van der Waals surface area (Å²) >= 11 is 1.66. The molecule has 166 valence electrons. The van der Waals surface area contributed by atoms with E-state index in [1.165, 1.54) is 17.0 Å². The van der Waals surface area contributed by atoms with Crippen LogP contribution in [0.15, 0.2) is 64.3 Å². The van der Waals surface area contributed by atoms with E-state index in [1.54, 1.807) is 23.5 Å². The van der Waals surface area contributed by atoms with Crippen LogP contribution in [0.1, 0.15) is 67.7 Å². The number of carbonyl (C=O) groups is 2. The number of ketones is 1. The van der Waals surface area contributed by atoms with Gasteiger partial charge < -0.3 is 10.1 Å². The Labute approximate surface area is 191 Å². The van der Waals surface area contributed by atoms with E-state index in [9.17, 15) is 14.0 Å². The topological polar surface area (TPSA) is 55.4 Å². The second-order valence-electron chi connectivity index (χ2n) is 8.90. The van der Waals surface area contributed by atoms with E-state index >= 15 is 0 Å². The molecule has 2 aromatic rings. The van der Waals surface area contributed by atoms with E-state index < -0.39 is 5.92 Å². The number of rotatable bonds is 4. The van der Waals surface area contributed by atoms with Crippen LogP contribution in [0.3, 0.4) is 0 Å². The maximum atomic E-state index is 13.7. The summed E-state index contributed by atoms with van der Waals surface area (Å²) in [6.07, 6.45) is 4.92. The Morgan fingerprint density at radius 2 is 1.88 bits per heavy atom. The van der Waals surface area contributed by atoms with Crippen LogP contribution >= 0.6 is 11.3 Å². The molecule has 1 aromatic heterocycles. The van der Waals surface area contributed by atoms with Gasteiger partial charge in [0.15, 0.2) is 5.78 Å². The largest absolute Gasteiger partial charge is 0.459 e. The van der Waals surface area contributed by atoms with Crippen molar-refractivity contribution >= 4 is 23.1 Å². The van der Waals surface area contributed by atoms with Gasteiger partial charge in [-0.1, -0.05) is 18.2 Å². The minimum absolute atomic E-state index is 0.0325. The molecular weight excluding hydrogens is 425 g/mol. The first-order chi connectivity index (χ1) is 15.5. The normalized spacial score (nSPS) is 23.9. The number of ether oxygens (including phenoxy) is 1. The number of nitrogens with one attached hydrogen (secondary N) is 1. The Morgan fingerprint density at radius 1 is 1.12 bits per heavy atom. The van der Waals surface area contributed by atoms with Crippen molar-refractivity contribution in [3.8, 4) is 0 Å². The molecule has 2 aliphatic carbocycles. The van der Waals surface area contributed by atoms with Gasteiger partial charge in [-0.25, -0.2) is 9.18 Å². The third-order valence-corrected chi connectivity index (χ3v) is 7.81. The Kier molecular flexibility index (Phi) is 5.72. The van der Waals surface area contributed by atoms with Crippen molar-refractivity contribution in [3.05, 3.63) is 80.6 Å². The lowest BCUT2D eigenvalue weighted by Gasteiger charge is -2.36. The smallest absolute Gasteiger partial charge is 0.337 e. The van der Waals surface area contributed by atoms with Gasteiger partial charge in [0.25, 0.3) is 0 Å². The van der Waals surface area contributed by atoms with Crippen molar-refractivity contribution in [2.45, 2.75) is 63.4 Å². The summed E-state index contributed by atoms with van der Waals surface area (Å²) in [4.78, 5) is 28.0. The monoisotopic (exact) mass is 451 g/mol. The van der Waals surface area contributed by atoms with Gasteiger partial charge in [-0.15, -0.1) is 11.3 Å². The van der Waals surface area contributed by atoms with E-state index in [1.807, 2.05) is 18.4 Å². The first-order valence-electron chi connectivity index (χ1n) is 11.2. The highest BCUT2D eigenvalue weighted by atomic mass is 32.1. The Balaban J connectivity index is 1.54. The van der Waals surface area contributed by atoms with Crippen LogP contribution < -0.4 is 5.32 Å². The van der Waals surface area contributed by atoms with Gasteiger partial charge in [0, 0.05) is 40.1 Å². The second kappa shape index (κ2) is 8.66. The molecule has 4 nitrogen and oxygen atoms in total. The maximum absolute atomic E-state index is 13.7. The minimum atomic E-state index is -0.544. The van der Waals surface area contributed by atoms with Gasteiger partial charge in [0.05, 0.1) is 5.57 Å². The van der Waals surface area contributed by atoms with Gasteiger partial charge in [0.2, 0.25) is 0 Å². The standard InChI is InChI=1S/C26H26FNO3S/c1-15-23(26(30)31-19-5-2-3-6-19)24(16-8-10-18(27)11-9-16)25-20(28-15)13-17(14-21(25)29)22-7-4-12-32-22/h4,7-12,17,19,24,28H,2-3,5-6,13-14H2,1H3/t17-,24-/m0/s1. The zero-order valence-corrected chi connectivity index (χ0v) is 18.8. The Morgan fingerprint density at radius 3 is 2.56 bits per heavy atom. The molecular formula is C26H26FNO3S. The number of Topliss-reactive ketones (excluding diaryl/α,β-unsaturated/α-hetero) is 1. The van der Waals surface area contributed by atoms with Crippen molar-refractivity contribution in [1.82, 2.24) is 5.32 Å². The number of allylic oxidation sites excluding steroid dienone is 3. The third-order valence-electron chi connectivity index (χ3n) is 6.77. The predicted octanol–water partition coefficient (Wildman–Crippen LogP) is 5.73. The molecule has 1 aromatic carbocycles. The highest BCUT2D eigenvalue weighted by molar-refractivity contribution is 7.10. The number of dihydropyridines is 1. The highest BCUT2D eigenvalue weighted by Crippen LogP contribution is 2.46. The lowest BCUT2D eigenvalue weighted by molar-refractivity contribution is -0.144. The first-order valence-corrected chi connectivity index (χ1v) is 12.1. The summed E-state index contributed by atoms with van der Waals surface area (Å²) in [6, 6.07) is 10.2. The van der Waals surface area contributed by atoms with Gasteiger partial charge >= 0.3 is 5.97 Å². The van der Waals surface area contributed by atoms with Gasteiger partial charge in [0.1, 0.15) is 11.9 Å². The van der Waals surface area contributed by atoms with E-state index in [-0.39, 0.29) is 29.6 Å². The van der Waals surface area contributed by atoms with Gasteiger partial charge in [-0.3, -0.25) is 4.79 Å². The van der Waals surface area contributed by atoms with Crippen LogP contribution in [0.4, 0.5) is 4.39 Å². The van der Waals surface area contributed by atoms with Crippen LogP contribution in [0.25, 0.3) is 0 Å². The lowest BCUT2D eigenvalue weighted by Crippen LogP contribution is -2.36. The summed E-state index contributed by atoms with van der Waals surface area (Å²) in [5.74, 6) is -1.11. The molecule has 5 rings (SSSR count). The van der Waals surface area contributed by atoms with Crippen molar-refractivity contribution < 1.29 is 18.7 Å². The number of benzene rings is 1. The van der Waals surface area contributed by atoms with Crippen molar-refractivity contribution in [3.63, 3.8) is 0 Å². The highest BCUT2D eigenvalue weighted by Gasteiger charge is 2.42. The lowest BCUT2D eigenvalue weighted by atomic mass is 9.72. The number of hydrogen-bond acceptors (Lipinski definition) is 5. The quantitative estimate of drug-likeness (QED) is 0.603. The molecule has 1 saturated carbocycles. The van der Waals surface area contributed by atoms with E-state index in [4.69, 9.17) is 4.74 Å². The van der Waals surface area contributed by atoms with Crippen LogP contribution in [-0.2, 0) is 14.3 Å². The SMILES string of the molecule is CC1=C(C(=O)OC2CCCC2)[C@H](c2ccc(F)cc2)C2=C(C[C@H](c3cccs3)CC2=O)N1. The fourth-order valence-corrected chi connectivity index (χ4v) is 6.07. The number of hydrogen-bond donors (Lipinski definition) is 1. The molecule has 3 aliphatic rings. The second-order valence-corrected chi connectivity index (χ2v) is 9.88. The average molecular weight is 452 g/mol. The van der Waals surface area contributed by atoms with Crippen LogP contribution in [-0.4, -0.2) is 17.9 Å². The molecule has 0 amide bonds. The Hall–Kier alpha value is -2.73. The van der Waals surface area contributed by atoms with E-state index in [0.29, 0.717) is 29.7 Å². The molecule has 2 heterocycles. The zero-order chi connectivity index (χ0) is 22.2. The number of carbonyl (C=O) groups excluding carboxylic acids is 2. The van der Waals surface area contributed by atoms with Crippen molar-refractivity contribution in [2.24, 2.45) is 0 Å². The molecule has 2 atom stereocenters. The van der Waals surface area contributed by atoms with Crippen molar-refractivity contribution in [1.29, 1.82) is 0 Å². The minimum Gasteiger partial charge on any atom is -0.459 e. The first kappa shape index (κ1) is 21.1. The third kappa shape index (κ3) is 3.92. The van der Waals surface area contributed by atoms with Crippen LogP contribution in [0.2, 0.25) is 0 Å². The maximum Gasteiger partial charge on any atom is 0.337 e. The molecule has 0 saturated heterocycles. The Bertz CT molecular complexity index is 1090. The van der Waals surface area contributed by atoms with Crippen LogP contribution in [0.5, 0.6) is 0 Å². The number of thiophene rings is 1. The molecule has 0 unspecified atom stereocenters. The summed E-state index contributed by atoms with van der Waals surface area (Å²) in [5.41, 5.74) is 3.39. The average Bonchev–Trinajstić information content (AvgIpc) is 3.47. The molecule has 1 fully saturated rings. The summed E-state index contributed by atoms with van der Waals surface area (Å²) in [7, 11) is 0. The van der Waals surface area contributed by atoms with Gasteiger partial charge in [-0.2, -0.15) is 0 Å². The summed E-state index contributed by atoms with van der Waals surface area (Å²) < 4.78 is 19.5.